The topological polar surface area (TPSA) is 26.0 Å². The highest BCUT2D eigenvalue weighted by molar-refractivity contribution is 7.99. The molecule has 1 atom stereocenters. The number of benzene rings is 2. The summed E-state index contributed by atoms with van der Waals surface area (Å²) in [5, 5.41) is 0.756. The maximum atomic E-state index is 6.29. The van der Waals surface area contributed by atoms with Crippen LogP contribution in [0.3, 0.4) is 0 Å². The summed E-state index contributed by atoms with van der Waals surface area (Å²) < 4.78 is 0. The normalized spacial score (nSPS) is 15.2. The minimum absolute atomic E-state index is 0.0263. The lowest BCUT2D eigenvalue weighted by molar-refractivity contribution is 0.817. The van der Waals surface area contributed by atoms with Gasteiger partial charge in [-0.15, -0.1) is 0 Å². The third-order valence-electron chi connectivity index (χ3n) is 3.77. The molecular formula is C17H18ClNS. The van der Waals surface area contributed by atoms with Crippen molar-refractivity contribution in [3.8, 4) is 0 Å². The second-order valence-electron chi connectivity index (χ2n) is 5.36. The van der Waals surface area contributed by atoms with E-state index in [1.807, 2.05) is 19.1 Å². The fourth-order valence-corrected chi connectivity index (χ4v) is 4.03. The van der Waals surface area contributed by atoms with Crippen molar-refractivity contribution in [1.82, 2.24) is 0 Å². The van der Waals surface area contributed by atoms with Crippen molar-refractivity contribution >= 4 is 23.4 Å². The van der Waals surface area contributed by atoms with Gasteiger partial charge >= 0.3 is 0 Å². The standard InChI is InChI=1S/C17H18ClNS/c1-11(19)16-8-7-15(10-17(16)18)20-14-6-5-12-3-2-4-13(12)9-14/h5-11H,2-4,19H2,1H3. The molecule has 3 heteroatoms. The molecule has 104 valence electrons. The van der Waals surface area contributed by atoms with Crippen LogP contribution in [0.2, 0.25) is 5.02 Å². The molecule has 2 aromatic rings. The first-order chi connectivity index (χ1) is 9.63. The summed E-state index contributed by atoms with van der Waals surface area (Å²) in [5.41, 5.74) is 9.91. The number of hydrogen-bond donors (Lipinski definition) is 1. The second-order valence-corrected chi connectivity index (χ2v) is 6.91. The molecule has 2 N–H and O–H groups in total. The number of aryl methyl sites for hydroxylation is 2. The molecule has 3 rings (SSSR count). The molecule has 0 bridgehead atoms. The summed E-state index contributed by atoms with van der Waals surface area (Å²) in [6.07, 6.45) is 3.74. The van der Waals surface area contributed by atoms with Crippen LogP contribution in [0, 0.1) is 0 Å². The Balaban J connectivity index is 1.83. The average Bonchev–Trinajstić information content (AvgIpc) is 2.85. The Kier molecular flexibility index (Phi) is 4.06. The van der Waals surface area contributed by atoms with Crippen LogP contribution in [-0.2, 0) is 12.8 Å². The Bertz CT molecular complexity index is 637. The first kappa shape index (κ1) is 14.0. The van der Waals surface area contributed by atoms with Crippen molar-refractivity contribution in [2.24, 2.45) is 5.73 Å². The van der Waals surface area contributed by atoms with Gasteiger partial charge in [0.25, 0.3) is 0 Å². The maximum absolute atomic E-state index is 6.29. The number of nitrogens with two attached hydrogens (primary N) is 1. The lowest BCUT2D eigenvalue weighted by Gasteiger charge is -2.10. The zero-order valence-corrected chi connectivity index (χ0v) is 13.1. The van der Waals surface area contributed by atoms with Crippen molar-refractivity contribution in [2.45, 2.75) is 42.0 Å². The Hall–Kier alpha value is -0.960. The molecule has 0 saturated carbocycles. The molecule has 0 amide bonds. The molecule has 2 aromatic carbocycles. The molecular weight excluding hydrogens is 286 g/mol. The second kappa shape index (κ2) is 5.80. The van der Waals surface area contributed by atoms with Gasteiger partial charge in [-0.3, -0.25) is 0 Å². The van der Waals surface area contributed by atoms with Crippen LogP contribution < -0.4 is 5.73 Å². The number of fused-ring (bicyclic) bond motifs is 1. The Morgan fingerprint density at radius 3 is 2.50 bits per heavy atom. The summed E-state index contributed by atoms with van der Waals surface area (Å²) in [6.45, 7) is 1.95. The summed E-state index contributed by atoms with van der Waals surface area (Å²) in [7, 11) is 0. The third kappa shape index (κ3) is 2.88. The smallest absolute Gasteiger partial charge is 0.0464 e. The predicted octanol–water partition coefficient (Wildman–Crippen LogP) is 5.00. The van der Waals surface area contributed by atoms with Crippen molar-refractivity contribution < 1.29 is 0 Å². The van der Waals surface area contributed by atoms with E-state index >= 15 is 0 Å². The molecule has 20 heavy (non-hydrogen) atoms. The molecule has 1 unspecified atom stereocenters. The van der Waals surface area contributed by atoms with E-state index in [0.29, 0.717) is 0 Å². The number of hydrogen-bond acceptors (Lipinski definition) is 2. The van der Waals surface area contributed by atoms with Crippen LogP contribution in [0.4, 0.5) is 0 Å². The van der Waals surface area contributed by atoms with Crippen LogP contribution in [-0.4, -0.2) is 0 Å². The van der Waals surface area contributed by atoms with Gasteiger partial charge in [-0.05, 0) is 67.1 Å². The number of rotatable bonds is 3. The molecule has 0 spiro atoms. The van der Waals surface area contributed by atoms with Crippen LogP contribution in [0.25, 0.3) is 0 Å². The lowest BCUT2D eigenvalue weighted by Crippen LogP contribution is -2.05. The SMILES string of the molecule is CC(N)c1ccc(Sc2ccc3c(c2)CCC3)cc1Cl. The summed E-state index contributed by atoms with van der Waals surface area (Å²) in [5.74, 6) is 0. The van der Waals surface area contributed by atoms with Crippen LogP contribution in [0.15, 0.2) is 46.2 Å². The van der Waals surface area contributed by atoms with E-state index in [2.05, 4.69) is 24.3 Å². The zero-order chi connectivity index (χ0) is 14.1. The Labute approximate surface area is 129 Å². The van der Waals surface area contributed by atoms with Gasteiger partial charge in [0.1, 0.15) is 0 Å². The predicted molar refractivity (Wildman–Crippen MR) is 86.6 cm³/mol. The van der Waals surface area contributed by atoms with Gasteiger partial charge in [-0.25, -0.2) is 0 Å². The van der Waals surface area contributed by atoms with Gasteiger partial charge < -0.3 is 5.73 Å². The van der Waals surface area contributed by atoms with Crippen molar-refractivity contribution in [2.75, 3.05) is 0 Å². The van der Waals surface area contributed by atoms with Crippen LogP contribution in [0.1, 0.15) is 36.1 Å². The molecule has 0 radical (unpaired) electrons. The first-order valence-corrected chi connectivity index (χ1v) is 8.17. The van der Waals surface area contributed by atoms with E-state index in [1.54, 1.807) is 11.8 Å². The molecule has 1 aliphatic carbocycles. The van der Waals surface area contributed by atoms with Gasteiger partial charge in [0.2, 0.25) is 0 Å². The third-order valence-corrected chi connectivity index (χ3v) is 5.07. The number of halogens is 1. The molecule has 0 fully saturated rings. The van der Waals surface area contributed by atoms with Crippen molar-refractivity contribution in [3.63, 3.8) is 0 Å². The Morgan fingerprint density at radius 2 is 1.75 bits per heavy atom. The van der Waals surface area contributed by atoms with E-state index < -0.39 is 0 Å². The van der Waals surface area contributed by atoms with E-state index in [0.717, 1.165) is 15.5 Å². The van der Waals surface area contributed by atoms with Crippen molar-refractivity contribution in [3.05, 3.63) is 58.1 Å². The fourth-order valence-electron chi connectivity index (χ4n) is 2.69. The fraction of sp³-hybridized carbons (Fsp3) is 0.294. The largest absolute Gasteiger partial charge is 0.324 e. The summed E-state index contributed by atoms with van der Waals surface area (Å²) in [4.78, 5) is 2.45. The van der Waals surface area contributed by atoms with E-state index in [4.69, 9.17) is 17.3 Å². The molecule has 0 aliphatic heterocycles. The molecule has 1 aliphatic rings. The van der Waals surface area contributed by atoms with Gasteiger partial charge in [0.05, 0.1) is 0 Å². The zero-order valence-electron chi connectivity index (χ0n) is 11.5. The molecule has 1 nitrogen and oxygen atoms in total. The quantitative estimate of drug-likeness (QED) is 0.863. The van der Waals surface area contributed by atoms with Gasteiger partial charge in [-0.2, -0.15) is 0 Å². The van der Waals surface area contributed by atoms with Gasteiger partial charge in [0, 0.05) is 20.9 Å². The van der Waals surface area contributed by atoms with Gasteiger partial charge in [0.15, 0.2) is 0 Å². The summed E-state index contributed by atoms with van der Waals surface area (Å²) in [6, 6.07) is 12.9. The van der Waals surface area contributed by atoms with Crippen molar-refractivity contribution in [1.29, 1.82) is 0 Å². The molecule has 0 heterocycles. The molecule has 0 saturated heterocycles. The van der Waals surface area contributed by atoms with Crippen LogP contribution >= 0.6 is 23.4 Å². The maximum Gasteiger partial charge on any atom is 0.0464 e. The monoisotopic (exact) mass is 303 g/mol. The van der Waals surface area contributed by atoms with Crippen LogP contribution in [0.5, 0.6) is 0 Å². The average molecular weight is 304 g/mol. The van der Waals surface area contributed by atoms with E-state index in [1.165, 1.54) is 35.3 Å². The summed E-state index contributed by atoms with van der Waals surface area (Å²) >= 11 is 8.05. The first-order valence-electron chi connectivity index (χ1n) is 6.98. The van der Waals surface area contributed by atoms with E-state index in [-0.39, 0.29) is 6.04 Å². The highest BCUT2D eigenvalue weighted by Crippen LogP contribution is 2.34. The minimum Gasteiger partial charge on any atom is -0.324 e. The minimum atomic E-state index is -0.0263. The van der Waals surface area contributed by atoms with Gasteiger partial charge in [-0.1, -0.05) is 35.5 Å². The Morgan fingerprint density at radius 1 is 1.05 bits per heavy atom. The highest BCUT2D eigenvalue weighted by atomic mass is 35.5. The lowest BCUT2D eigenvalue weighted by atomic mass is 10.1. The molecule has 0 aromatic heterocycles. The highest BCUT2D eigenvalue weighted by Gasteiger charge is 2.12. The van der Waals surface area contributed by atoms with E-state index in [9.17, 15) is 0 Å².